The molecular formula is C32H19F3I4OU. The predicted octanol–water partition coefficient (Wildman–Crippen LogP) is 11.1. The summed E-state index contributed by atoms with van der Waals surface area (Å²) in [6, 6.07) is 31.2. The van der Waals surface area contributed by atoms with E-state index < -0.39 is 11.6 Å². The molecule has 0 amide bonds. The third kappa shape index (κ3) is 10.0. The van der Waals surface area contributed by atoms with Crippen LogP contribution in [0.5, 0.6) is 5.75 Å². The second-order valence-corrected chi connectivity index (χ2v) is 13.1. The molecule has 0 heterocycles. The molecule has 41 heavy (non-hydrogen) atoms. The maximum Gasteiger partial charge on any atom is 2.00 e. The van der Waals surface area contributed by atoms with Gasteiger partial charge in [-0.25, -0.2) is 13.2 Å². The molecule has 0 atom stereocenters. The molecule has 0 aliphatic carbocycles. The van der Waals surface area contributed by atoms with Crippen LogP contribution < -0.4 is 4.74 Å². The zero-order valence-electron chi connectivity index (χ0n) is 21.1. The fraction of sp³-hybridized carbons (Fsp3) is 0.0312. The van der Waals surface area contributed by atoms with Gasteiger partial charge in [-0.1, -0.05) is 80.8 Å². The van der Waals surface area contributed by atoms with Crippen LogP contribution in [-0.4, -0.2) is 0 Å². The Balaban J connectivity index is 0.000000357. The van der Waals surface area contributed by atoms with Crippen molar-refractivity contribution in [3.63, 3.8) is 0 Å². The fourth-order valence-electron chi connectivity index (χ4n) is 3.70. The van der Waals surface area contributed by atoms with Crippen LogP contribution in [0.2, 0.25) is 0 Å². The molecule has 0 N–H and O–H groups in total. The first kappa shape index (κ1) is 35.0. The summed E-state index contributed by atoms with van der Waals surface area (Å²) in [6.07, 6.45) is 0. The number of rotatable bonds is 5. The Morgan fingerprint density at radius 2 is 1.15 bits per heavy atom. The first-order chi connectivity index (χ1) is 19.1. The molecule has 5 aromatic rings. The average molecular weight is 1220 g/mol. The minimum absolute atomic E-state index is 0. The van der Waals surface area contributed by atoms with Crippen LogP contribution in [0.3, 0.4) is 0 Å². The molecule has 9 heteroatoms. The van der Waals surface area contributed by atoms with Gasteiger partial charge in [0.15, 0.2) is 0 Å². The molecule has 5 rings (SSSR count). The largest absolute Gasteiger partial charge is 2.00 e. The Bertz CT molecular complexity index is 1560. The van der Waals surface area contributed by atoms with Crippen molar-refractivity contribution >= 4 is 90.4 Å². The molecule has 0 saturated carbocycles. The minimum atomic E-state index is -0.550. The first-order valence-corrected chi connectivity index (χ1v) is 16.0. The standard InChI is InChI=1S/C25H15FI3O.C7H4F2I.U/c26-21-12-20(13-22(27)14-21)19-10-8-18(9-11-19)17-6-4-16(5-7-17)15-30-25-23(28)2-1-3-24(25)29;1-4-2-5(8)7(10)6(9)3-4;/h1-13H,15H2;2-3H,1H2;/q2*-1;+2. The van der Waals surface area contributed by atoms with E-state index in [9.17, 15) is 13.2 Å². The van der Waals surface area contributed by atoms with E-state index in [0.717, 1.165) is 44.3 Å². The molecule has 0 fully saturated rings. The van der Waals surface area contributed by atoms with Crippen molar-refractivity contribution in [3.05, 3.63) is 147 Å². The van der Waals surface area contributed by atoms with Gasteiger partial charge in [0, 0.05) is 5.82 Å². The second-order valence-electron chi connectivity index (χ2n) is 8.55. The second kappa shape index (κ2) is 16.6. The molecule has 0 unspecified atom stereocenters. The molecule has 0 aromatic heterocycles. The van der Waals surface area contributed by atoms with Crippen LogP contribution in [0.4, 0.5) is 13.2 Å². The van der Waals surface area contributed by atoms with Gasteiger partial charge in [-0.3, -0.25) is 0 Å². The van der Waals surface area contributed by atoms with E-state index in [1.54, 1.807) is 22.6 Å². The maximum absolute atomic E-state index is 13.6. The third-order valence-electron chi connectivity index (χ3n) is 5.65. The Kier molecular flexibility index (Phi) is 14.1. The van der Waals surface area contributed by atoms with Crippen molar-refractivity contribution in [3.8, 4) is 28.0 Å². The van der Waals surface area contributed by atoms with E-state index in [4.69, 9.17) is 4.74 Å². The molecular weight excluding hydrogens is 1200 g/mol. The van der Waals surface area contributed by atoms with Crippen molar-refractivity contribution in [2.24, 2.45) is 0 Å². The minimum Gasteiger partial charge on any atom is -0.487 e. The summed E-state index contributed by atoms with van der Waals surface area (Å²) in [5.74, 6) is -0.502. The summed E-state index contributed by atoms with van der Waals surface area (Å²) in [5, 5.41) is 0. The van der Waals surface area contributed by atoms with E-state index in [2.05, 4.69) is 117 Å². The van der Waals surface area contributed by atoms with Gasteiger partial charge in [-0.05, 0) is 102 Å². The van der Waals surface area contributed by atoms with Crippen molar-refractivity contribution in [2.45, 2.75) is 6.61 Å². The van der Waals surface area contributed by atoms with Crippen LogP contribution in [-0.2, 0) is 6.61 Å². The zero-order valence-corrected chi connectivity index (χ0v) is 33.9. The average Bonchev–Trinajstić information content (AvgIpc) is 2.92. The molecule has 0 bridgehead atoms. The third-order valence-corrected chi connectivity index (χ3v) is 8.97. The normalized spacial score (nSPS) is 10.3. The van der Waals surface area contributed by atoms with Crippen LogP contribution in [0.25, 0.3) is 22.3 Å². The first-order valence-electron chi connectivity index (χ1n) is 11.7. The molecule has 1 nitrogen and oxygen atoms in total. The van der Waals surface area contributed by atoms with Gasteiger partial charge in [0.25, 0.3) is 0 Å². The maximum atomic E-state index is 13.6. The van der Waals surface area contributed by atoms with E-state index in [1.807, 2.05) is 36.4 Å². The van der Waals surface area contributed by atoms with Crippen LogP contribution >= 0.6 is 90.4 Å². The summed E-state index contributed by atoms with van der Waals surface area (Å²) >= 11 is 8.29. The number of ether oxygens (including phenoxy) is 1. The molecule has 5 aromatic carbocycles. The van der Waals surface area contributed by atoms with Crippen LogP contribution in [0.15, 0.2) is 91.0 Å². The molecule has 0 aliphatic rings. The van der Waals surface area contributed by atoms with E-state index in [1.165, 1.54) is 18.2 Å². The van der Waals surface area contributed by atoms with Crippen molar-refractivity contribution in [1.29, 1.82) is 0 Å². The summed E-state index contributed by atoms with van der Waals surface area (Å²) in [4.78, 5) is 0. The topological polar surface area (TPSA) is 9.23 Å². The number of benzene rings is 5. The summed E-state index contributed by atoms with van der Waals surface area (Å²) in [5.41, 5.74) is 5.58. The van der Waals surface area contributed by atoms with Crippen molar-refractivity contribution in [2.75, 3.05) is 0 Å². The van der Waals surface area contributed by atoms with Crippen molar-refractivity contribution in [1.82, 2.24) is 0 Å². The fourth-order valence-corrected chi connectivity index (χ4v) is 6.43. The molecule has 206 valence electrons. The Morgan fingerprint density at radius 3 is 1.66 bits per heavy atom. The van der Waals surface area contributed by atoms with Gasteiger partial charge in [0.1, 0.15) is 12.4 Å². The zero-order chi connectivity index (χ0) is 28.8. The van der Waals surface area contributed by atoms with E-state index in [-0.39, 0.29) is 40.5 Å². The Labute approximate surface area is 316 Å². The van der Waals surface area contributed by atoms with Gasteiger partial charge in [0.05, 0.1) is 22.3 Å². The summed E-state index contributed by atoms with van der Waals surface area (Å²) < 4.78 is 47.8. The van der Waals surface area contributed by atoms with Gasteiger partial charge in [-0.2, -0.15) is 12.5 Å². The van der Waals surface area contributed by atoms with E-state index in [0.29, 0.717) is 12.2 Å². The van der Waals surface area contributed by atoms with Crippen LogP contribution in [0.1, 0.15) is 11.1 Å². The SMILES string of the molecule is Fc1[c-]c(I)cc(-c2ccc(-c3ccc(COc4c(I)cccc4I)cc3)cc2)c1.[CH2-]c1cc(F)c(I)c(F)c1.[U+2]. The number of hydrogen-bond donors (Lipinski definition) is 0. The quantitative estimate of drug-likeness (QED) is 0.0968. The Hall–Kier alpha value is -0.468. The van der Waals surface area contributed by atoms with Gasteiger partial charge >= 0.3 is 31.1 Å². The summed E-state index contributed by atoms with van der Waals surface area (Å²) in [7, 11) is 0. The van der Waals surface area contributed by atoms with Gasteiger partial charge in [-0.15, -0.1) is 35.9 Å². The van der Waals surface area contributed by atoms with Crippen molar-refractivity contribution < 1.29 is 49.0 Å². The predicted molar refractivity (Wildman–Crippen MR) is 189 cm³/mol. The molecule has 0 aliphatic heterocycles. The Morgan fingerprint density at radius 1 is 0.659 bits per heavy atom. The van der Waals surface area contributed by atoms with Crippen LogP contribution in [0, 0.1) is 75.8 Å². The number of para-hydroxylation sites is 1. The van der Waals surface area contributed by atoms with Gasteiger partial charge < -0.3 is 4.74 Å². The monoisotopic (exact) mass is 1220 g/mol. The van der Waals surface area contributed by atoms with Gasteiger partial charge in [0.2, 0.25) is 0 Å². The molecule has 0 radical (unpaired) electrons. The number of halogens is 7. The molecule has 0 saturated heterocycles. The number of hydrogen-bond acceptors (Lipinski definition) is 1. The molecule has 0 spiro atoms. The smallest absolute Gasteiger partial charge is 0.487 e. The van der Waals surface area contributed by atoms with E-state index >= 15 is 0 Å². The summed E-state index contributed by atoms with van der Waals surface area (Å²) in [6.45, 7) is 3.93.